The second kappa shape index (κ2) is 7.44. The van der Waals surface area contributed by atoms with E-state index in [1.165, 1.54) is 18.2 Å². The number of carbonyl (C=O) groups is 2. The average Bonchev–Trinajstić information content (AvgIpc) is 2.63. The second-order valence-electron chi connectivity index (χ2n) is 6.04. The van der Waals surface area contributed by atoms with Crippen LogP contribution >= 0.6 is 0 Å². The monoisotopic (exact) mass is 341 g/mol. The number of halogens is 1. The van der Waals surface area contributed by atoms with Crippen LogP contribution in [-0.2, 0) is 0 Å². The number of piperazine rings is 1. The van der Waals surface area contributed by atoms with Crippen LogP contribution in [0.5, 0.6) is 0 Å². The van der Waals surface area contributed by atoms with Gasteiger partial charge < -0.3 is 15.5 Å². The van der Waals surface area contributed by atoms with E-state index < -0.39 is 11.7 Å². The van der Waals surface area contributed by atoms with Crippen LogP contribution in [0.1, 0.15) is 26.3 Å². The molecular weight excluding hydrogens is 321 g/mol. The Bertz CT molecular complexity index is 801. The van der Waals surface area contributed by atoms with Crippen LogP contribution in [0.25, 0.3) is 0 Å². The molecule has 2 aromatic carbocycles. The molecule has 5 nitrogen and oxygen atoms in total. The number of hydrogen-bond donors (Lipinski definition) is 2. The van der Waals surface area contributed by atoms with Crippen molar-refractivity contribution in [2.24, 2.45) is 0 Å². The van der Waals surface area contributed by atoms with Gasteiger partial charge in [-0.25, -0.2) is 4.39 Å². The van der Waals surface area contributed by atoms with E-state index in [0.717, 1.165) is 18.7 Å². The fourth-order valence-corrected chi connectivity index (χ4v) is 2.76. The second-order valence-corrected chi connectivity index (χ2v) is 6.04. The van der Waals surface area contributed by atoms with Crippen LogP contribution in [0.3, 0.4) is 0 Å². The van der Waals surface area contributed by atoms with Gasteiger partial charge >= 0.3 is 0 Å². The van der Waals surface area contributed by atoms with E-state index in [1.807, 2.05) is 6.92 Å². The van der Waals surface area contributed by atoms with Crippen molar-refractivity contribution in [1.29, 1.82) is 0 Å². The third-order valence-corrected chi connectivity index (χ3v) is 4.22. The first-order valence-corrected chi connectivity index (χ1v) is 8.22. The SMILES string of the molecule is Cc1ccc(C(=O)N2CCNCC2)cc1NC(=O)c1cccc(F)c1. The Morgan fingerprint density at radius 1 is 1.08 bits per heavy atom. The summed E-state index contributed by atoms with van der Waals surface area (Å²) in [6.45, 7) is 4.73. The van der Waals surface area contributed by atoms with E-state index in [2.05, 4.69) is 10.6 Å². The van der Waals surface area contributed by atoms with E-state index in [-0.39, 0.29) is 11.5 Å². The van der Waals surface area contributed by atoms with Gasteiger partial charge in [-0.15, -0.1) is 0 Å². The molecule has 2 aromatic rings. The molecule has 2 amide bonds. The topological polar surface area (TPSA) is 61.4 Å². The average molecular weight is 341 g/mol. The summed E-state index contributed by atoms with van der Waals surface area (Å²) in [4.78, 5) is 26.7. The van der Waals surface area contributed by atoms with Crippen molar-refractivity contribution < 1.29 is 14.0 Å². The highest BCUT2D eigenvalue weighted by Crippen LogP contribution is 2.19. The molecule has 130 valence electrons. The molecule has 2 N–H and O–H groups in total. The third kappa shape index (κ3) is 4.03. The van der Waals surface area contributed by atoms with Crippen LogP contribution in [-0.4, -0.2) is 42.9 Å². The first-order valence-electron chi connectivity index (χ1n) is 8.22. The Balaban J connectivity index is 1.79. The summed E-state index contributed by atoms with van der Waals surface area (Å²) in [5.41, 5.74) is 2.15. The Morgan fingerprint density at radius 2 is 1.84 bits per heavy atom. The van der Waals surface area contributed by atoms with E-state index in [0.29, 0.717) is 24.3 Å². The summed E-state index contributed by atoms with van der Waals surface area (Å²) in [5.74, 6) is -0.927. The predicted molar refractivity (Wildman–Crippen MR) is 94.3 cm³/mol. The lowest BCUT2D eigenvalue weighted by Gasteiger charge is -2.27. The maximum absolute atomic E-state index is 13.3. The molecule has 1 fully saturated rings. The Morgan fingerprint density at radius 3 is 2.56 bits per heavy atom. The highest BCUT2D eigenvalue weighted by molar-refractivity contribution is 6.05. The minimum Gasteiger partial charge on any atom is -0.336 e. The van der Waals surface area contributed by atoms with Crippen LogP contribution in [0, 0.1) is 12.7 Å². The molecule has 1 saturated heterocycles. The Hall–Kier alpha value is -2.73. The molecule has 25 heavy (non-hydrogen) atoms. The lowest BCUT2D eigenvalue weighted by Crippen LogP contribution is -2.46. The first kappa shape index (κ1) is 17.1. The standard InChI is InChI=1S/C19H20FN3O2/c1-13-5-6-15(19(25)23-9-7-21-8-10-23)12-17(13)22-18(24)14-3-2-4-16(20)11-14/h2-6,11-12,21H,7-10H2,1H3,(H,22,24). The molecule has 3 rings (SSSR count). The van der Waals surface area contributed by atoms with Gasteiger partial charge in [0.05, 0.1) is 0 Å². The zero-order valence-corrected chi connectivity index (χ0v) is 14.0. The van der Waals surface area contributed by atoms with Crippen molar-refractivity contribution in [3.8, 4) is 0 Å². The minimum atomic E-state index is -0.466. The number of amides is 2. The number of anilines is 1. The molecular formula is C19H20FN3O2. The van der Waals surface area contributed by atoms with Gasteiger partial charge in [-0.3, -0.25) is 9.59 Å². The van der Waals surface area contributed by atoms with Gasteiger partial charge in [0.2, 0.25) is 0 Å². The summed E-state index contributed by atoms with van der Waals surface area (Å²) in [5, 5.41) is 5.97. The van der Waals surface area contributed by atoms with Crippen molar-refractivity contribution >= 4 is 17.5 Å². The molecule has 0 unspecified atom stereocenters. The largest absolute Gasteiger partial charge is 0.336 e. The molecule has 1 aliphatic heterocycles. The van der Waals surface area contributed by atoms with Crippen molar-refractivity contribution in [2.45, 2.75) is 6.92 Å². The predicted octanol–water partition coefficient (Wildman–Crippen LogP) is 2.43. The van der Waals surface area contributed by atoms with Crippen molar-refractivity contribution in [1.82, 2.24) is 10.2 Å². The molecule has 0 spiro atoms. The molecule has 0 aromatic heterocycles. The quantitative estimate of drug-likeness (QED) is 0.901. The number of nitrogens with one attached hydrogen (secondary N) is 2. The Kier molecular flexibility index (Phi) is 5.09. The van der Waals surface area contributed by atoms with Crippen molar-refractivity contribution in [3.05, 3.63) is 65.0 Å². The zero-order valence-electron chi connectivity index (χ0n) is 14.0. The molecule has 6 heteroatoms. The van der Waals surface area contributed by atoms with Gasteiger partial charge in [0.25, 0.3) is 11.8 Å². The van der Waals surface area contributed by atoms with Gasteiger partial charge in [-0.05, 0) is 42.8 Å². The first-order chi connectivity index (χ1) is 12.0. The molecule has 0 atom stereocenters. The van der Waals surface area contributed by atoms with E-state index in [9.17, 15) is 14.0 Å². The number of aryl methyl sites for hydroxylation is 1. The number of carbonyl (C=O) groups excluding carboxylic acids is 2. The highest BCUT2D eigenvalue weighted by atomic mass is 19.1. The van der Waals surface area contributed by atoms with Crippen LogP contribution in [0.15, 0.2) is 42.5 Å². The van der Waals surface area contributed by atoms with Crippen LogP contribution in [0.4, 0.5) is 10.1 Å². The zero-order chi connectivity index (χ0) is 17.8. The summed E-state index contributed by atoms with van der Waals surface area (Å²) < 4.78 is 13.3. The number of benzene rings is 2. The smallest absolute Gasteiger partial charge is 0.255 e. The summed E-state index contributed by atoms with van der Waals surface area (Å²) in [6.07, 6.45) is 0. The molecule has 0 bridgehead atoms. The van der Waals surface area contributed by atoms with Crippen molar-refractivity contribution in [3.63, 3.8) is 0 Å². The van der Waals surface area contributed by atoms with Gasteiger partial charge in [0.15, 0.2) is 0 Å². The number of hydrogen-bond acceptors (Lipinski definition) is 3. The number of nitrogens with zero attached hydrogens (tertiary/aromatic N) is 1. The highest BCUT2D eigenvalue weighted by Gasteiger charge is 2.19. The molecule has 1 aliphatic rings. The molecule has 1 heterocycles. The maximum Gasteiger partial charge on any atom is 0.255 e. The third-order valence-electron chi connectivity index (χ3n) is 4.22. The van der Waals surface area contributed by atoms with Gasteiger partial charge in [-0.2, -0.15) is 0 Å². The fourth-order valence-electron chi connectivity index (χ4n) is 2.76. The minimum absolute atomic E-state index is 0.0530. The van der Waals surface area contributed by atoms with E-state index >= 15 is 0 Å². The summed E-state index contributed by atoms with van der Waals surface area (Å²) in [7, 11) is 0. The fraction of sp³-hybridized carbons (Fsp3) is 0.263. The van der Waals surface area contributed by atoms with E-state index in [4.69, 9.17) is 0 Å². The maximum atomic E-state index is 13.3. The molecule has 0 saturated carbocycles. The van der Waals surface area contributed by atoms with Crippen LogP contribution < -0.4 is 10.6 Å². The number of rotatable bonds is 3. The van der Waals surface area contributed by atoms with Gasteiger partial charge in [0, 0.05) is 43.0 Å². The van der Waals surface area contributed by atoms with Crippen molar-refractivity contribution in [2.75, 3.05) is 31.5 Å². The molecule has 0 radical (unpaired) electrons. The van der Waals surface area contributed by atoms with E-state index in [1.54, 1.807) is 29.2 Å². The van der Waals surface area contributed by atoms with Gasteiger partial charge in [0.1, 0.15) is 5.82 Å². The lowest BCUT2D eigenvalue weighted by molar-refractivity contribution is 0.0735. The Labute approximate surface area is 145 Å². The van der Waals surface area contributed by atoms with Gasteiger partial charge in [-0.1, -0.05) is 12.1 Å². The normalized spacial score (nSPS) is 14.2. The van der Waals surface area contributed by atoms with Crippen LogP contribution in [0.2, 0.25) is 0 Å². The molecule has 0 aliphatic carbocycles. The summed E-state index contributed by atoms with van der Waals surface area (Å²) in [6, 6.07) is 10.7. The lowest BCUT2D eigenvalue weighted by atomic mass is 10.1. The summed E-state index contributed by atoms with van der Waals surface area (Å²) >= 11 is 0.